The molecule has 1 aliphatic rings. The first-order valence-electron chi connectivity index (χ1n) is 4.75. The monoisotopic (exact) mass is 248 g/mol. The van der Waals surface area contributed by atoms with Crippen molar-refractivity contribution >= 4 is 29.8 Å². The zero-order chi connectivity index (χ0) is 9.97. The molecule has 6 heteroatoms. The quantitative estimate of drug-likeness (QED) is 0.819. The van der Waals surface area contributed by atoms with E-state index in [1.807, 2.05) is 6.07 Å². The summed E-state index contributed by atoms with van der Waals surface area (Å²) in [5, 5.41) is 8.26. The average molecular weight is 249 g/mol. The molecule has 4 nitrogen and oxygen atoms in total. The van der Waals surface area contributed by atoms with Crippen LogP contribution < -0.4 is 10.6 Å². The molecular weight excluding hydrogens is 235 g/mol. The molecule has 0 radical (unpaired) electrons. The number of nitrogens with two attached hydrogens (primary N) is 1. The predicted octanol–water partition coefficient (Wildman–Crippen LogP) is 1.48. The highest BCUT2D eigenvalue weighted by atomic mass is 35.5. The molecule has 0 aliphatic carbocycles. The zero-order valence-corrected chi connectivity index (χ0v) is 9.84. The minimum Gasteiger partial charge on any atom is -0.354 e. The molecule has 1 atom stereocenters. The van der Waals surface area contributed by atoms with Crippen LogP contribution in [0.3, 0.4) is 0 Å². The molecule has 0 amide bonds. The van der Waals surface area contributed by atoms with Gasteiger partial charge in [-0.3, -0.25) is 0 Å². The van der Waals surface area contributed by atoms with Crippen LogP contribution in [0.5, 0.6) is 0 Å². The number of aromatic nitrogens is 2. The Kier molecular flexibility index (Phi) is 4.57. The van der Waals surface area contributed by atoms with Gasteiger partial charge in [-0.2, -0.15) is 0 Å². The minimum atomic E-state index is 0. The lowest BCUT2D eigenvalue weighted by Crippen LogP contribution is -2.43. The average Bonchev–Trinajstić information content (AvgIpc) is 2.19. The minimum absolute atomic E-state index is 0. The zero-order valence-electron chi connectivity index (χ0n) is 8.27. The second-order valence-electron chi connectivity index (χ2n) is 3.56. The molecule has 1 saturated heterocycles. The summed E-state index contributed by atoms with van der Waals surface area (Å²) in [6.07, 6.45) is 2.21. The highest BCUT2D eigenvalue weighted by Crippen LogP contribution is 2.16. The van der Waals surface area contributed by atoms with Crippen LogP contribution in [0.1, 0.15) is 12.8 Å². The van der Waals surface area contributed by atoms with Crippen LogP contribution in [-0.4, -0.2) is 29.3 Å². The fourth-order valence-corrected chi connectivity index (χ4v) is 1.80. The van der Waals surface area contributed by atoms with Crippen LogP contribution in [0.25, 0.3) is 0 Å². The van der Waals surface area contributed by atoms with Gasteiger partial charge in [0.05, 0.1) is 0 Å². The van der Waals surface area contributed by atoms with Crippen molar-refractivity contribution in [2.24, 2.45) is 5.73 Å². The van der Waals surface area contributed by atoms with E-state index in [1.165, 1.54) is 0 Å². The van der Waals surface area contributed by atoms with Gasteiger partial charge in [0.15, 0.2) is 11.0 Å². The highest BCUT2D eigenvalue weighted by molar-refractivity contribution is 6.29. The molecule has 0 spiro atoms. The highest BCUT2D eigenvalue weighted by Gasteiger charge is 2.17. The summed E-state index contributed by atoms with van der Waals surface area (Å²) in [6.45, 7) is 1.86. The van der Waals surface area contributed by atoms with Crippen molar-refractivity contribution in [2.75, 3.05) is 18.0 Å². The fourth-order valence-electron chi connectivity index (χ4n) is 1.70. The van der Waals surface area contributed by atoms with E-state index in [-0.39, 0.29) is 18.4 Å². The third-order valence-electron chi connectivity index (χ3n) is 2.40. The first-order valence-corrected chi connectivity index (χ1v) is 5.13. The Morgan fingerprint density at radius 1 is 1.40 bits per heavy atom. The topological polar surface area (TPSA) is 55.0 Å². The molecule has 1 fully saturated rings. The molecule has 84 valence electrons. The Morgan fingerprint density at radius 2 is 2.20 bits per heavy atom. The van der Waals surface area contributed by atoms with Crippen LogP contribution in [0.2, 0.25) is 5.15 Å². The number of halogens is 2. The number of anilines is 1. The fraction of sp³-hybridized carbons (Fsp3) is 0.556. The van der Waals surface area contributed by atoms with Crippen molar-refractivity contribution in [3.05, 3.63) is 17.3 Å². The molecule has 0 bridgehead atoms. The molecule has 1 aromatic heterocycles. The van der Waals surface area contributed by atoms with Crippen molar-refractivity contribution in [1.29, 1.82) is 0 Å². The summed E-state index contributed by atoms with van der Waals surface area (Å²) in [6, 6.07) is 3.89. The van der Waals surface area contributed by atoms with Gasteiger partial charge in [-0.1, -0.05) is 11.6 Å². The standard InChI is InChI=1S/C9H13ClN4.ClH/c10-8-3-4-9(13-12-8)14-5-1-2-7(11)6-14;/h3-4,7H,1-2,5-6,11H2;1H. The Bertz CT molecular complexity index is 303. The molecule has 0 saturated carbocycles. The molecule has 1 unspecified atom stereocenters. The lowest BCUT2D eigenvalue weighted by atomic mass is 10.1. The number of hydrogen-bond donors (Lipinski definition) is 1. The van der Waals surface area contributed by atoms with Crippen LogP contribution in [0, 0.1) is 0 Å². The summed E-state index contributed by atoms with van der Waals surface area (Å²) >= 11 is 5.66. The largest absolute Gasteiger partial charge is 0.354 e. The maximum Gasteiger partial charge on any atom is 0.151 e. The maximum atomic E-state index is 5.88. The van der Waals surface area contributed by atoms with Crippen molar-refractivity contribution in [1.82, 2.24) is 10.2 Å². The van der Waals surface area contributed by atoms with Gasteiger partial charge in [0.1, 0.15) is 0 Å². The smallest absolute Gasteiger partial charge is 0.151 e. The van der Waals surface area contributed by atoms with Crippen molar-refractivity contribution in [3.63, 3.8) is 0 Å². The van der Waals surface area contributed by atoms with Crippen LogP contribution >= 0.6 is 24.0 Å². The van der Waals surface area contributed by atoms with E-state index in [2.05, 4.69) is 15.1 Å². The number of piperidine rings is 1. The third kappa shape index (κ3) is 3.19. The number of nitrogens with zero attached hydrogens (tertiary/aromatic N) is 3. The van der Waals surface area contributed by atoms with Crippen molar-refractivity contribution in [2.45, 2.75) is 18.9 Å². The normalized spacial score (nSPS) is 20.9. The first-order chi connectivity index (χ1) is 6.75. The predicted molar refractivity (Wildman–Crippen MR) is 63.7 cm³/mol. The van der Waals surface area contributed by atoms with E-state index in [0.29, 0.717) is 5.15 Å². The van der Waals surface area contributed by atoms with Gasteiger partial charge in [0, 0.05) is 19.1 Å². The van der Waals surface area contributed by atoms with Gasteiger partial charge in [0.25, 0.3) is 0 Å². The molecule has 0 aromatic carbocycles. The van der Waals surface area contributed by atoms with Crippen LogP contribution in [-0.2, 0) is 0 Å². The summed E-state index contributed by atoms with van der Waals surface area (Å²) in [4.78, 5) is 2.15. The Hall–Kier alpha value is -0.580. The summed E-state index contributed by atoms with van der Waals surface area (Å²) in [5.41, 5.74) is 5.88. The van der Waals surface area contributed by atoms with Gasteiger partial charge in [-0.25, -0.2) is 0 Å². The third-order valence-corrected chi connectivity index (χ3v) is 2.60. The SMILES string of the molecule is Cl.NC1CCCN(c2ccc(Cl)nn2)C1. The van der Waals surface area contributed by atoms with Gasteiger partial charge < -0.3 is 10.6 Å². The van der Waals surface area contributed by atoms with Gasteiger partial charge in [0.2, 0.25) is 0 Å². The Balaban J connectivity index is 0.00000112. The molecule has 15 heavy (non-hydrogen) atoms. The summed E-state index contributed by atoms with van der Waals surface area (Å²) < 4.78 is 0. The molecule has 2 heterocycles. The lowest BCUT2D eigenvalue weighted by Gasteiger charge is -2.31. The summed E-state index contributed by atoms with van der Waals surface area (Å²) in [7, 11) is 0. The van der Waals surface area contributed by atoms with E-state index >= 15 is 0 Å². The van der Waals surface area contributed by atoms with E-state index in [4.69, 9.17) is 17.3 Å². The maximum absolute atomic E-state index is 5.88. The Morgan fingerprint density at radius 3 is 2.80 bits per heavy atom. The molecule has 1 aromatic rings. The van der Waals surface area contributed by atoms with E-state index < -0.39 is 0 Å². The van der Waals surface area contributed by atoms with Crippen LogP contribution in [0.15, 0.2) is 12.1 Å². The van der Waals surface area contributed by atoms with Crippen molar-refractivity contribution in [3.8, 4) is 0 Å². The second-order valence-corrected chi connectivity index (χ2v) is 3.95. The van der Waals surface area contributed by atoms with Crippen LogP contribution in [0.4, 0.5) is 5.82 Å². The molecule has 2 rings (SSSR count). The van der Waals surface area contributed by atoms with Gasteiger partial charge in [-0.15, -0.1) is 22.6 Å². The van der Waals surface area contributed by atoms with E-state index in [0.717, 1.165) is 31.7 Å². The van der Waals surface area contributed by atoms with E-state index in [1.54, 1.807) is 6.07 Å². The van der Waals surface area contributed by atoms with Gasteiger partial charge in [-0.05, 0) is 25.0 Å². The van der Waals surface area contributed by atoms with Crippen molar-refractivity contribution < 1.29 is 0 Å². The number of hydrogen-bond acceptors (Lipinski definition) is 4. The summed E-state index contributed by atoms with van der Waals surface area (Å²) in [5.74, 6) is 0.865. The molecule has 1 aliphatic heterocycles. The lowest BCUT2D eigenvalue weighted by molar-refractivity contribution is 0.502. The molecule has 2 N–H and O–H groups in total. The number of rotatable bonds is 1. The van der Waals surface area contributed by atoms with Gasteiger partial charge >= 0.3 is 0 Å². The second kappa shape index (κ2) is 5.49. The Labute approximate surface area is 100 Å². The van der Waals surface area contributed by atoms with E-state index in [9.17, 15) is 0 Å². The molecular formula is C9H14Cl2N4. The first kappa shape index (κ1) is 12.5.